The summed E-state index contributed by atoms with van der Waals surface area (Å²) in [7, 11) is 0. The molecule has 0 saturated heterocycles. The Balaban J connectivity index is 2.02. The predicted molar refractivity (Wildman–Crippen MR) is 97.9 cm³/mol. The number of aryl methyl sites for hydroxylation is 2. The second-order valence-corrected chi connectivity index (χ2v) is 5.69. The van der Waals surface area contributed by atoms with Crippen molar-refractivity contribution in [2.45, 2.75) is 13.8 Å². The molecule has 0 aliphatic heterocycles. The van der Waals surface area contributed by atoms with Crippen molar-refractivity contribution in [1.82, 2.24) is 0 Å². The summed E-state index contributed by atoms with van der Waals surface area (Å²) in [5.41, 5.74) is 6.06. The maximum Gasteiger partial charge on any atom is -0.00763 e. The van der Waals surface area contributed by atoms with E-state index in [2.05, 4.69) is 93.2 Å². The third kappa shape index (κ3) is 2.73. The largest absolute Gasteiger partial charge is 0.0911 e. The van der Waals surface area contributed by atoms with Crippen LogP contribution < -0.4 is 0 Å². The van der Waals surface area contributed by atoms with Gasteiger partial charge in [-0.1, -0.05) is 79.4 Å². The molecule has 108 valence electrons. The maximum absolute atomic E-state index is 4.27. The molecule has 0 heterocycles. The van der Waals surface area contributed by atoms with E-state index >= 15 is 0 Å². The van der Waals surface area contributed by atoms with Crippen molar-refractivity contribution >= 4 is 22.4 Å². The van der Waals surface area contributed by atoms with Crippen molar-refractivity contribution in [1.29, 1.82) is 0 Å². The van der Waals surface area contributed by atoms with Gasteiger partial charge < -0.3 is 0 Å². The van der Waals surface area contributed by atoms with E-state index in [9.17, 15) is 0 Å². The zero-order chi connectivity index (χ0) is 15.5. The highest BCUT2D eigenvalue weighted by molar-refractivity contribution is 5.98. The second kappa shape index (κ2) is 6.03. The Bertz CT molecular complexity index is 861. The molecule has 3 aromatic rings. The van der Waals surface area contributed by atoms with E-state index in [1.165, 1.54) is 33.0 Å². The smallest absolute Gasteiger partial charge is 0.00763 e. The first kappa shape index (κ1) is 14.3. The quantitative estimate of drug-likeness (QED) is 0.503. The zero-order valence-corrected chi connectivity index (χ0v) is 13.1. The standard InChI is InChI=1S/C22H20/c1-16-8-4-5-10-19(16)15-14-17(2)21-13-7-12-20-11-6-9-18(3)22(20)21/h4-15H,2H2,1,3H3/b15-14-. The van der Waals surface area contributed by atoms with Crippen molar-refractivity contribution in [2.75, 3.05) is 0 Å². The molecule has 0 heteroatoms. The Morgan fingerprint density at radius 2 is 1.50 bits per heavy atom. The first-order valence-electron chi connectivity index (χ1n) is 7.58. The molecule has 0 saturated carbocycles. The molecule has 0 aliphatic carbocycles. The van der Waals surface area contributed by atoms with Gasteiger partial charge in [0.1, 0.15) is 0 Å². The lowest BCUT2D eigenvalue weighted by molar-refractivity contribution is 1.44. The van der Waals surface area contributed by atoms with Gasteiger partial charge in [-0.25, -0.2) is 0 Å². The number of hydrogen-bond acceptors (Lipinski definition) is 0. The Morgan fingerprint density at radius 1 is 0.818 bits per heavy atom. The Labute approximate surface area is 132 Å². The highest BCUT2D eigenvalue weighted by Crippen LogP contribution is 2.28. The van der Waals surface area contributed by atoms with E-state index in [1.54, 1.807) is 0 Å². The second-order valence-electron chi connectivity index (χ2n) is 5.69. The van der Waals surface area contributed by atoms with Gasteiger partial charge in [-0.15, -0.1) is 0 Å². The minimum absolute atomic E-state index is 1.04. The average molecular weight is 284 g/mol. The molecular weight excluding hydrogens is 264 g/mol. The summed E-state index contributed by atoms with van der Waals surface area (Å²) in [5.74, 6) is 0. The predicted octanol–water partition coefficient (Wildman–Crippen LogP) is 6.18. The Hall–Kier alpha value is -2.60. The van der Waals surface area contributed by atoms with E-state index in [0.29, 0.717) is 0 Å². The van der Waals surface area contributed by atoms with Gasteiger partial charge in [-0.3, -0.25) is 0 Å². The molecule has 0 aromatic heterocycles. The van der Waals surface area contributed by atoms with Crippen LogP contribution in [0.1, 0.15) is 22.3 Å². The van der Waals surface area contributed by atoms with E-state index in [4.69, 9.17) is 0 Å². The first-order chi connectivity index (χ1) is 10.7. The maximum atomic E-state index is 4.27. The molecule has 0 aliphatic rings. The first-order valence-corrected chi connectivity index (χ1v) is 7.58. The molecule has 0 radical (unpaired) electrons. The molecule has 0 bridgehead atoms. The van der Waals surface area contributed by atoms with Crippen molar-refractivity contribution in [3.8, 4) is 0 Å². The van der Waals surface area contributed by atoms with E-state index in [-0.39, 0.29) is 0 Å². The van der Waals surface area contributed by atoms with Gasteiger partial charge in [0.25, 0.3) is 0 Å². The zero-order valence-electron chi connectivity index (χ0n) is 13.1. The summed E-state index contributed by atoms with van der Waals surface area (Å²) in [5, 5.41) is 2.56. The number of hydrogen-bond donors (Lipinski definition) is 0. The van der Waals surface area contributed by atoms with Crippen LogP contribution in [0, 0.1) is 13.8 Å². The molecule has 0 nitrogen and oxygen atoms in total. The summed E-state index contributed by atoms with van der Waals surface area (Å²) < 4.78 is 0. The van der Waals surface area contributed by atoms with Crippen LogP contribution in [0.4, 0.5) is 0 Å². The van der Waals surface area contributed by atoms with Crippen molar-refractivity contribution in [3.63, 3.8) is 0 Å². The molecule has 0 N–H and O–H groups in total. The minimum Gasteiger partial charge on any atom is -0.0911 e. The topological polar surface area (TPSA) is 0 Å². The lowest BCUT2D eigenvalue weighted by Gasteiger charge is -2.09. The third-order valence-electron chi connectivity index (χ3n) is 4.11. The monoisotopic (exact) mass is 284 g/mol. The van der Waals surface area contributed by atoms with Gasteiger partial charge in [0, 0.05) is 0 Å². The van der Waals surface area contributed by atoms with Crippen LogP contribution in [0.25, 0.3) is 22.4 Å². The molecule has 22 heavy (non-hydrogen) atoms. The summed E-state index contributed by atoms with van der Waals surface area (Å²) >= 11 is 0. The van der Waals surface area contributed by atoms with Crippen molar-refractivity contribution in [2.24, 2.45) is 0 Å². The SMILES string of the molecule is C=C(/C=C\c1ccccc1C)c1cccc2cccc(C)c12. The normalized spacial score (nSPS) is 11.2. The lowest BCUT2D eigenvalue weighted by atomic mass is 9.95. The van der Waals surface area contributed by atoms with Crippen LogP contribution in [0.5, 0.6) is 0 Å². The summed E-state index contributed by atoms with van der Waals surface area (Å²) in [6.45, 7) is 8.56. The van der Waals surface area contributed by atoms with Crippen LogP contribution in [0.15, 0.2) is 73.3 Å². The molecule has 0 spiro atoms. The van der Waals surface area contributed by atoms with Crippen LogP contribution >= 0.6 is 0 Å². The number of allylic oxidation sites excluding steroid dienone is 2. The van der Waals surface area contributed by atoms with Crippen molar-refractivity contribution in [3.05, 3.63) is 95.6 Å². The highest BCUT2D eigenvalue weighted by Gasteiger charge is 2.05. The van der Waals surface area contributed by atoms with Gasteiger partial charge >= 0.3 is 0 Å². The molecule has 0 unspecified atom stereocenters. The van der Waals surface area contributed by atoms with E-state index in [0.717, 1.165) is 5.57 Å². The minimum atomic E-state index is 1.04. The van der Waals surface area contributed by atoms with Gasteiger partial charge in [-0.2, -0.15) is 0 Å². The van der Waals surface area contributed by atoms with Crippen LogP contribution in [-0.2, 0) is 0 Å². The molecule has 3 rings (SSSR count). The van der Waals surface area contributed by atoms with Gasteiger partial charge in [-0.05, 0) is 52.4 Å². The fraction of sp³-hybridized carbons (Fsp3) is 0.0909. The number of fused-ring (bicyclic) bond motifs is 1. The molecule has 0 atom stereocenters. The molecule has 0 amide bonds. The highest BCUT2D eigenvalue weighted by atomic mass is 14.1. The van der Waals surface area contributed by atoms with Crippen LogP contribution in [0.2, 0.25) is 0 Å². The Kier molecular flexibility index (Phi) is 3.93. The lowest BCUT2D eigenvalue weighted by Crippen LogP contribution is -1.86. The van der Waals surface area contributed by atoms with Gasteiger partial charge in [0.05, 0.1) is 0 Å². The summed E-state index contributed by atoms with van der Waals surface area (Å²) in [6, 6.07) is 21.2. The van der Waals surface area contributed by atoms with Gasteiger partial charge in [0.15, 0.2) is 0 Å². The average Bonchev–Trinajstić information content (AvgIpc) is 2.53. The van der Waals surface area contributed by atoms with Crippen LogP contribution in [-0.4, -0.2) is 0 Å². The summed E-state index contributed by atoms with van der Waals surface area (Å²) in [4.78, 5) is 0. The third-order valence-corrected chi connectivity index (χ3v) is 4.11. The Morgan fingerprint density at radius 3 is 2.27 bits per heavy atom. The fourth-order valence-corrected chi connectivity index (χ4v) is 2.85. The number of benzene rings is 3. The summed E-state index contributed by atoms with van der Waals surface area (Å²) in [6.07, 6.45) is 4.26. The molecule has 3 aromatic carbocycles. The van der Waals surface area contributed by atoms with E-state index < -0.39 is 0 Å². The van der Waals surface area contributed by atoms with Crippen molar-refractivity contribution < 1.29 is 0 Å². The molecule has 0 fully saturated rings. The van der Waals surface area contributed by atoms with Gasteiger partial charge in [0.2, 0.25) is 0 Å². The molecular formula is C22H20. The number of rotatable bonds is 3. The fourth-order valence-electron chi connectivity index (χ4n) is 2.85. The van der Waals surface area contributed by atoms with E-state index in [1.807, 2.05) is 0 Å². The van der Waals surface area contributed by atoms with Crippen LogP contribution in [0.3, 0.4) is 0 Å².